The van der Waals surface area contributed by atoms with Crippen molar-refractivity contribution in [2.24, 2.45) is 5.73 Å². The van der Waals surface area contributed by atoms with E-state index in [2.05, 4.69) is 4.98 Å². The molecule has 16 heavy (non-hydrogen) atoms. The smallest absolute Gasteiger partial charge is 0.0935 e. The Morgan fingerprint density at radius 2 is 2.12 bits per heavy atom. The fourth-order valence-corrected chi connectivity index (χ4v) is 2.23. The summed E-state index contributed by atoms with van der Waals surface area (Å²) < 4.78 is 0. The molecule has 86 valence electrons. The van der Waals surface area contributed by atoms with E-state index in [4.69, 9.17) is 17.3 Å². The van der Waals surface area contributed by atoms with Gasteiger partial charge in [0.05, 0.1) is 11.6 Å². The molecule has 1 aromatic carbocycles. The molecule has 0 amide bonds. The van der Waals surface area contributed by atoms with Gasteiger partial charge in [0.2, 0.25) is 0 Å². The SMILES string of the molecule is Cc1[nH]c2c(C)c(Cl)ccc2c1C(O)CN. The molecule has 3 nitrogen and oxygen atoms in total. The van der Waals surface area contributed by atoms with Crippen LogP contribution in [-0.4, -0.2) is 16.6 Å². The zero-order valence-corrected chi connectivity index (χ0v) is 10.1. The van der Waals surface area contributed by atoms with Gasteiger partial charge >= 0.3 is 0 Å². The highest BCUT2D eigenvalue weighted by atomic mass is 35.5. The lowest BCUT2D eigenvalue weighted by atomic mass is 10.0. The molecule has 0 bridgehead atoms. The second-order valence-corrected chi connectivity index (χ2v) is 4.42. The Morgan fingerprint density at radius 1 is 1.44 bits per heavy atom. The first-order chi connectivity index (χ1) is 7.56. The van der Waals surface area contributed by atoms with Crippen LogP contribution in [0, 0.1) is 13.8 Å². The van der Waals surface area contributed by atoms with Gasteiger partial charge in [-0.15, -0.1) is 0 Å². The van der Waals surface area contributed by atoms with Crippen LogP contribution in [0.25, 0.3) is 10.9 Å². The number of H-pyrrole nitrogens is 1. The number of aliphatic hydroxyl groups excluding tert-OH is 1. The highest BCUT2D eigenvalue weighted by Gasteiger charge is 2.16. The van der Waals surface area contributed by atoms with Crippen molar-refractivity contribution in [1.82, 2.24) is 4.98 Å². The van der Waals surface area contributed by atoms with Crippen LogP contribution < -0.4 is 5.73 Å². The number of nitrogens with two attached hydrogens (primary N) is 1. The normalized spacial score (nSPS) is 13.3. The molecule has 0 radical (unpaired) electrons. The lowest BCUT2D eigenvalue weighted by Crippen LogP contribution is -2.12. The first kappa shape index (κ1) is 11.5. The van der Waals surface area contributed by atoms with Gasteiger partial charge < -0.3 is 15.8 Å². The van der Waals surface area contributed by atoms with Crippen molar-refractivity contribution in [3.63, 3.8) is 0 Å². The Morgan fingerprint density at radius 3 is 2.75 bits per heavy atom. The fraction of sp³-hybridized carbons (Fsp3) is 0.333. The van der Waals surface area contributed by atoms with E-state index in [-0.39, 0.29) is 6.54 Å². The Kier molecular flexibility index (Phi) is 2.93. The Labute approximate surface area is 99.2 Å². The molecule has 4 N–H and O–H groups in total. The van der Waals surface area contributed by atoms with Gasteiger partial charge in [-0.25, -0.2) is 0 Å². The van der Waals surface area contributed by atoms with Gasteiger partial charge in [-0.1, -0.05) is 17.7 Å². The average molecular weight is 239 g/mol. The average Bonchev–Trinajstić information content (AvgIpc) is 2.60. The first-order valence-corrected chi connectivity index (χ1v) is 5.59. The zero-order chi connectivity index (χ0) is 11.9. The van der Waals surface area contributed by atoms with E-state index in [0.29, 0.717) is 0 Å². The van der Waals surface area contributed by atoms with E-state index in [1.54, 1.807) is 0 Å². The van der Waals surface area contributed by atoms with E-state index < -0.39 is 6.10 Å². The van der Waals surface area contributed by atoms with Crippen molar-refractivity contribution < 1.29 is 5.11 Å². The zero-order valence-electron chi connectivity index (χ0n) is 9.34. The van der Waals surface area contributed by atoms with Gasteiger partial charge in [0.1, 0.15) is 0 Å². The van der Waals surface area contributed by atoms with E-state index in [9.17, 15) is 5.11 Å². The third kappa shape index (κ3) is 1.61. The van der Waals surface area contributed by atoms with Gasteiger partial charge in [-0.05, 0) is 25.5 Å². The van der Waals surface area contributed by atoms with Crippen LogP contribution in [0.2, 0.25) is 5.02 Å². The quantitative estimate of drug-likeness (QED) is 0.753. The number of benzene rings is 1. The number of hydrogen-bond acceptors (Lipinski definition) is 2. The fourth-order valence-electron chi connectivity index (χ4n) is 2.08. The largest absolute Gasteiger partial charge is 0.387 e. The number of aromatic nitrogens is 1. The van der Waals surface area contributed by atoms with Crippen molar-refractivity contribution in [2.75, 3.05) is 6.54 Å². The number of nitrogens with one attached hydrogen (secondary N) is 1. The Balaban J connectivity index is 2.76. The second-order valence-electron chi connectivity index (χ2n) is 4.01. The minimum absolute atomic E-state index is 0.218. The number of aromatic amines is 1. The van der Waals surface area contributed by atoms with Crippen molar-refractivity contribution in [1.29, 1.82) is 0 Å². The standard InChI is InChI=1S/C12H15ClN2O/c1-6-9(13)4-3-8-11(10(16)5-14)7(2)15-12(6)8/h3-4,10,15-16H,5,14H2,1-2H3. The van der Waals surface area contributed by atoms with Crippen LogP contribution in [-0.2, 0) is 0 Å². The van der Waals surface area contributed by atoms with Gasteiger partial charge in [0.15, 0.2) is 0 Å². The number of fused-ring (bicyclic) bond motifs is 1. The molecule has 0 aliphatic carbocycles. The summed E-state index contributed by atoms with van der Waals surface area (Å²) in [7, 11) is 0. The van der Waals surface area contributed by atoms with Crippen molar-refractivity contribution in [3.8, 4) is 0 Å². The van der Waals surface area contributed by atoms with E-state index in [0.717, 1.165) is 32.7 Å². The highest BCUT2D eigenvalue weighted by molar-refractivity contribution is 6.32. The number of hydrogen-bond donors (Lipinski definition) is 3. The van der Waals surface area contributed by atoms with E-state index in [1.165, 1.54) is 0 Å². The van der Waals surface area contributed by atoms with Crippen LogP contribution in [0.1, 0.15) is 22.9 Å². The summed E-state index contributed by atoms with van der Waals surface area (Å²) >= 11 is 6.06. The monoisotopic (exact) mass is 238 g/mol. The predicted molar refractivity (Wildman–Crippen MR) is 66.8 cm³/mol. The van der Waals surface area contributed by atoms with Crippen LogP contribution >= 0.6 is 11.6 Å². The molecule has 1 unspecified atom stereocenters. The Hall–Kier alpha value is -1.03. The first-order valence-electron chi connectivity index (χ1n) is 5.21. The molecule has 1 aromatic heterocycles. The topological polar surface area (TPSA) is 62.0 Å². The number of aryl methyl sites for hydroxylation is 2. The predicted octanol–water partition coefficient (Wildman–Crippen LogP) is 2.43. The van der Waals surface area contributed by atoms with Crippen molar-refractivity contribution >= 4 is 22.5 Å². The van der Waals surface area contributed by atoms with Gasteiger partial charge in [-0.3, -0.25) is 0 Å². The Bertz CT molecular complexity index is 533. The van der Waals surface area contributed by atoms with Crippen LogP contribution in [0.15, 0.2) is 12.1 Å². The molecule has 0 saturated carbocycles. The molecule has 2 rings (SSSR count). The van der Waals surface area contributed by atoms with Gasteiger partial charge in [0.25, 0.3) is 0 Å². The third-order valence-corrected chi connectivity index (χ3v) is 3.37. The summed E-state index contributed by atoms with van der Waals surface area (Å²) in [6.45, 7) is 4.11. The molecule has 1 heterocycles. The summed E-state index contributed by atoms with van der Waals surface area (Å²) in [5, 5.41) is 11.6. The highest BCUT2D eigenvalue weighted by Crippen LogP contribution is 2.32. The van der Waals surface area contributed by atoms with Gasteiger partial charge in [0, 0.05) is 28.2 Å². The maximum absolute atomic E-state index is 9.88. The maximum Gasteiger partial charge on any atom is 0.0935 e. The summed E-state index contributed by atoms with van der Waals surface area (Å²) in [6, 6.07) is 3.77. The molecular weight excluding hydrogens is 224 g/mol. The summed E-state index contributed by atoms with van der Waals surface area (Å²) in [5.41, 5.74) is 9.29. The number of rotatable bonds is 2. The molecule has 2 aromatic rings. The number of aliphatic hydroxyl groups is 1. The molecule has 0 aliphatic heterocycles. The molecule has 0 fully saturated rings. The van der Waals surface area contributed by atoms with E-state index in [1.807, 2.05) is 26.0 Å². The summed E-state index contributed by atoms with van der Waals surface area (Å²) in [5.74, 6) is 0. The van der Waals surface area contributed by atoms with Crippen LogP contribution in [0.3, 0.4) is 0 Å². The molecular formula is C12H15ClN2O. The number of halogens is 1. The lowest BCUT2D eigenvalue weighted by Gasteiger charge is -2.08. The van der Waals surface area contributed by atoms with Crippen LogP contribution in [0.5, 0.6) is 0 Å². The van der Waals surface area contributed by atoms with Crippen LogP contribution in [0.4, 0.5) is 0 Å². The van der Waals surface area contributed by atoms with Gasteiger partial charge in [-0.2, -0.15) is 0 Å². The summed E-state index contributed by atoms with van der Waals surface area (Å²) in [6.07, 6.45) is -0.630. The van der Waals surface area contributed by atoms with Crippen molar-refractivity contribution in [3.05, 3.63) is 34.0 Å². The molecule has 1 atom stereocenters. The molecule has 0 aliphatic rings. The van der Waals surface area contributed by atoms with Crippen molar-refractivity contribution in [2.45, 2.75) is 20.0 Å². The molecule has 0 spiro atoms. The lowest BCUT2D eigenvalue weighted by molar-refractivity contribution is 0.187. The summed E-state index contributed by atoms with van der Waals surface area (Å²) in [4.78, 5) is 3.25. The van der Waals surface area contributed by atoms with E-state index >= 15 is 0 Å². The second kappa shape index (κ2) is 4.09. The maximum atomic E-state index is 9.88. The third-order valence-electron chi connectivity index (χ3n) is 2.96. The molecule has 0 saturated heterocycles. The minimum Gasteiger partial charge on any atom is -0.387 e. The molecule has 4 heteroatoms. The minimum atomic E-state index is -0.630.